The molecule has 108 valence electrons. The van der Waals surface area contributed by atoms with Crippen LogP contribution in [0.25, 0.3) is 0 Å². The van der Waals surface area contributed by atoms with Crippen LogP contribution in [0.2, 0.25) is 0 Å². The highest BCUT2D eigenvalue weighted by Crippen LogP contribution is 2.20. The maximum Gasteiger partial charge on any atom is 0.131 e. The first-order valence-electron chi connectivity index (χ1n) is 6.81. The van der Waals surface area contributed by atoms with E-state index in [1.165, 1.54) is 6.07 Å². The van der Waals surface area contributed by atoms with Gasteiger partial charge in [0.15, 0.2) is 0 Å². The zero-order chi connectivity index (χ0) is 15.2. The third-order valence-electron chi connectivity index (χ3n) is 3.32. The van der Waals surface area contributed by atoms with Crippen molar-refractivity contribution < 1.29 is 9.13 Å². The highest BCUT2D eigenvalue weighted by molar-refractivity contribution is 5.33. The van der Waals surface area contributed by atoms with Gasteiger partial charge in [-0.2, -0.15) is 5.26 Å². The molecule has 0 radical (unpaired) electrons. The van der Waals surface area contributed by atoms with Gasteiger partial charge in [-0.3, -0.25) is 0 Å². The van der Waals surface area contributed by atoms with Crippen molar-refractivity contribution in [1.29, 1.82) is 5.26 Å². The molecule has 0 bridgehead atoms. The van der Waals surface area contributed by atoms with Crippen LogP contribution < -0.4 is 10.5 Å². The quantitative estimate of drug-likeness (QED) is 0.911. The van der Waals surface area contributed by atoms with Gasteiger partial charge in [0.25, 0.3) is 0 Å². The van der Waals surface area contributed by atoms with Crippen molar-refractivity contribution in [2.45, 2.75) is 26.0 Å². The van der Waals surface area contributed by atoms with E-state index in [1.54, 1.807) is 12.1 Å². The maximum atomic E-state index is 13.7. The lowest BCUT2D eigenvalue weighted by Gasteiger charge is -2.11. The van der Waals surface area contributed by atoms with Crippen molar-refractivity contribution in [2.75, 3.05) is 0 Å². The Morgan fingerprint density at radius 3 is 2.52 bits per heavy atom. The Morgan fingerprint density at radius 2 is 1.95 bits per heavy atom. The molecule has 0 heterocycles. The Morgan fingerprint density at radius 1 is 1.24 bits per heavy atom. The SMILES string of the molecule is CC[C@@H](N)c1ccc(OCc2ccc(C#N)cc2F)cc1. The zero-order valence-corrected chi connectivity index (χ0v) is 11.8. The van der Waals surface area contributed by atoms with Gasteiger partial charge in [0.1, 0.15) is 18.2 Å². The van der Waals surface area contributed by atoms with Gasteiger partial charge >= 0.3 is 0 Å². The summed E-state index contributed by atoms with van der Waals surface area (Å²) >= 11 is 0. The summed E-state index contributed by atoms with van der Waals surface area (Å²) in [5, 5.41) is 8.69. The molecule has 2 N–H and O–H groups in total. The van der Waals surface area contributed by atoms with E-state index in [0.717, 1.165) is 12.0 Å². The van der Waals surface area contributed by atoms with Gasteiger partial charge in [-0.1, -0.05) is 25.1 Å². The molecule has 0 amide bonds. The van der Waals surface area contributed by atoms with E-state index in [4.69, 9.17) is 15.7 Å². The van der Waals surface area contributed by atoms with E-state index < -0.39 is 5.82 Å². The standard InChI is InChI=1S/C17H17FN2O/c1-2-17(20)13-5-7-15(8-6-13)21-11-14-4-3-12(10-19)9-16(14)18/h3-9,17H,2,11,20H2,1H3/t17-/m1/s1. The monoisotopic (exact) mass is 284 g/mol. The van der Waals surface area contributed by atoms with E-state index in [9.17, 15) is 4.39 Å². The smallest absolute Gasteiger partial charge is 0.131 e. The summed E-state index contributed by atoms with van der Waals surface area (Å²) in [6, 6.07) is 13.8. The van der Waals surface area contributed by atoms with Crippen LogP contribution in [0, 0.1) is 17.1 Å². The van der Waals surface area contributed by atoms with Crippen LogP contribution in [-0.4, -0.2) is 0 Å². The largest absolute Gasteiger partial charge is 0.489 e. The van der Waals surface area contributed by atoms with Crippen molar-refractivity contribution in [1.82, 2.24) is 0 Å². The second-order valence-electron chi connectivity index (χ2n) is 4.79. The van der Waals surface area contributed by atoms with Crippen LogP contribution in [-0.2, 0) is 6.61 Å². The molecule has 0 fully saturated rings. The normalized spacial score (nSPS) is 11.7. The molecule has 0 aliphatic carbocycles. The molecular weight excluding hydrogens is 267 g/mol. The topological polar surface area (TPSA) is 59.0 Å². The molecular formula is C17H17FN2O. The van der Waals surface area contributed by atoms with Crippen LogP contribution in [0.5, 0.6) is 5.75 Å². The maximum absolute atomic E-state index is 13.7. The van der Waals surface area contributed by atoms with E-state index >= 15 is 0 Å². The number of benzene rings is 2. The molecule has 21 heavy (non-hydrogen) atoms. The highest BCUT2D eigenvalue weighted by Gasteiger charge is 2.06. The summed E-state index contributed by atoms with van der Waals surface area (Å²) in [5.74, 6) is 0.226. The number of nitrogens with two attached hydrogens (primary N) is 1. The minimum absolute atomic E-state index is 0.0232. The van der Waals surface area contributed by atoms with Crippen LogP contribution in [0.4, 0.5) is 4.39 Å². The molecule has 0 saturated carbocycles. The zero-order valence-electron chi connectivity index (χ0n) is 11.8. The van der Waals surface area contributed by atoms with Crippen LogP contribution in [0.15, 0.2) is 42.5 Å². The Balaban J connectivity index is 2.02. The van der Waals surface area contributed by atoms with Gasteiger partial charge < -0.3 is 10.5 Å². The van der Waals surface area contributed by atoms with E-state index in [2.05, 4.69) is 0 Å². The summed E-state index contributed by atoms with van der Waals surface area (Å²) in [4.78, 5) is 0. The third kappa shape index (κ3) is 3.80. The molecule has 0 aliphatic heterocycles. The van der Waals surface area contributed by atoms with Gasteiger partial charge in [0, 0.05) is 11.6 Å². The van der Waals surface area contributed by atoms with Crippen molar-refractivity contribution in [2.24, 2.45) is 5.73 Å². The molecule has 0 saturated heterocycles. The van der Waals surface area contributed by atoms with Crippen molar-refractivity contribution >= 4 is 0 Å². The molecule has 2 aromatic rings. The summed E-state index contributed by atoms with van der Waals surface area (Å²) in [5.41, 5.74) is 7.71. The Labute approximate surface area is 123 Å². The minimum atomic E-state index is -0.432. The molecule has 3 nitrogen and oxygen atoms in total. The van der Waals surface area contributed by atoms with Gasteiger partial charge in [-0.25, -0.2) is 4.39 Å². The predicted molar refractivity (Wildman–Crippen MR) is 79.1 cm³/mol. The molecule has 2 rings (SSSR count). The van der Waals surface area contributed by atoms with Crippen molar-refractivity contribution in [3.8, 4) is 11.8 Å². The van der Waals surface area contributed by atoms with E-state index in [0.29, 0.717) is 16.9 Å². The number of nitriles is 1. The van der Waals surface area contributed by atoms with Gasteiger partial charge in [-0.05, 0) is 36.2 Å². The highest BCUT2D eigenvalue weighted by atomic mass is 19.1. The molecule has 2 aromatic carbocycles. The number of ether oxygens (including phenoxy) is 1. The predicted octanol–water partition coefficient (Wildman–Crippen LogP) is 3.69. The molecule has 0 aromatic heterocycles. The van der Waals surface area contributed by atoms with Gasteiger partial charge in [0.05, 0.1) is 11.6 Å². The average molecular weight is 284 g/mol. The van der Waals surface area contributed by atoms with Gasteiger partial charge in [-0.15, -0.1) is 0 Å². The first-order valence-corrected chi connectivity index (χ1v) is 6.81. The number of hydrogen-bond donors (Lipinski definition) is 1. The van der Waals surface area contributed by atoms with Crippen molar-refractivity contribution in [3.63, 3.8) is 0 Å². The lowest BCUT2D eigenvalue weighted by atomic mass is 10.1. The third-order valence-corrected chi connectivity index (χ3v) is 3.32. The lowest BCUT2D eigenvalue weighted by Crippen LogP contribution is -2.08. The van der Waals surface area contributed by atoms with E-state index in [-0.39, 0.29) is 12.6 Å². The van der Waals surface area contributed by atoms with Crippen LogP contribution >= 0.6 is 0 Å². The Kier molecular flexibility index (Phi) is 4.91. The number of halogens is 1. The van der Waals surface area contributed by atoms with Crippen LogP contribution in [0.3, 0.4) is 0 Å². The number of hydrogen-bond acceptors (Lipinski definition) is 3. The molecule has 0 spiro atoms. The second kappa shape index (κ2) is 6.87. The molecule has 0 unspecified atom stereocenters. The molecule has 0 aliphatic rings. The number of rotatable bonds is 5. The average Bonchev–Trinajstić information content (AvgIpc) is 2.53. The summed E-state index contributed by atoms with van der Waals surface area (Å²) in [6.45, 7) is 2.15. The number of nitrogens with zero attached hydrogens (tertiary/aromatic N) is 1. The lowest BCUT2D eigenvalue weighted by molar-refractivity contribution is 0.299. The fourth-order valence-corrected chi connectivity index (χ4v) is 1.94. The molecule has 4 heteroatoms. The first-order chi connectivity index (χ1) is 10.1. The molecule has 1 atom stereocenters. The Bertz CT molecular complexity index is 647. The van der Waals surface area contributed by atoms with E-state index in [1.807, 2.05) is 37.3 Å². The first kappa shape index (κ1) is 15.0. The van der Waals surface area contributed by atoms with Gasteiger partial charge in [0.2, 0.25) is 0 Å². The fraction of sp³-hybridized carbons (Fsp3) is 0.235. The van der Waals surface area contributed by atoms with Crippen molar-refractivity contribution in [3.05, 3.63) is 65.0 Å². The summed E-state index contributed by atoms with van der Waals surface area (Å²) < 4.78 is 19.3. The minimum Gasteiger partial charge on any atom is -0.489 e. The second-order valence-corrected chi connectivity index (χ2v) is 4.79. The Hall–Kier alpha value is -2.38. The summed E-state index contributed by atoms with van der Waals surface area (Å²) in [6.07, 6.45) is 0.872. The van der Waals surface area contributed by atoms with Crippen LogP contribution in [0.1, 0.15) is 36.1 Å². The summed E-state index contributed by atoms with van der Waals surface area (Å²) in [7, 11) is 0. The fourth-order valence-electron chi connectivity index (χ4n) is 1.94.